The van der Waals surface area contributed by atoms with Crippen molar-refractivity contribution in [3.05, 3.63) is 128 Å². The number of para-hydroxylation sites is 1. The number of aromatic nitrogens is 5. The van der Waals surface area contributed by atoms with Crippen LogP contribution in [0.3, 0.4) is 0 Å². The summed E-state index contributed by atoms with van der Waals surface area (Å²) in [7, 11) is 0. The van der Waals surface area contributed by atoms with Crippen molar-refractivity contribution in [1.29, 1.82) is 0 Å². The maximum Gasteiger partial charge on any atom is 0.235 e. The van der Waals surface area contributed by atoms with Gasteiger partial charge in [0, 0.05) is 56.3 Å². The quantitative estimate of drug-likeness (QED) is 0.228. The molecule has 5 nitrogen and oxygen atoms in total. The predicted octanol–water partition coefficient (Wildman–Crippen LogP) is 8.58. The lowest BCUT2D eigenvalue weighted by Crippen LogP contribution is -2.04. The topological polar surface area (TPSA) is 56.5 Å². The highest BCUT2D eigenvalue weighted by Gasteiger charge is 2.19. The second-order valence-electron chi connectivity index (χ2n) is 9.62. The van der Waals surface area contributed by atoms with Crippen LogP contribution in [0.1, 0.15) is 0 Å². The van der Waals surface area contributed by atoms with E-state index in [2.05, 4.69) is 87.3 Å². The Hall–Kier alpha value is -5.20. The van der Waals surface area contributed by atoms with Crippen LogP contribution in [0, 0.1) is 0 Å². The van der Waals surface area contributed by atoms with Crippen LogP contribution in [-0.2, 0) is 0 Å². The van der Waals surface area contributed by atoms with Crippen LogP contribution >= 0.6 is 11.3 Å². The van der Waals surface area contributed by atoms with Gasteiger partial charge >= 0.3 is 0 Å². The zero-order valence-electron chi connectivity index (χ0n) is 21.3. The van der Waals surface area contributed by atoms with Crippen LogP contribution in [0.2, 0.25) is 0 Å². The van der Waals surface area contributed by atoms with Crippen molar-refractivity contribution >= 4 is 43.2 Å². The van der Waals surface area contributed by atoms with Crippen LogP contribution in [-0.4, -0.2) is 24.5 Å². The second-order valence-corrected chi connectivity index (χ2v) is 10.7. The van der Waals surface area contributed by atoms with Crippen molar-refractivity contribution in [2.75, 3.05) is 0 Å². The Balaban J connectivity index is 1.43. The molecule has 0 fully saturated rings. The number of nitrogens with zero attached hydrogens (tertiary/aromatic N) is 5. The summed E-state index contributed by atoms with van der Waals surface area (Å²) < 4.78 is 3.47. The molecule has 5 heterocycles. The minimum Gasteiger partial charge on any atom is -0.278 e. The minimum absolute atomic E-state index is 0.631. The molecule has 0 atom stereocenters. The number of pyridine rings is 2. The number of fused-ring (bicyclic) bond motifs is 5. The van der Waals surface area contributed by atoms with Gasteiger partial charge in [-0.15, -0.1) is 11.3 Å². The lowest BCUT2D eigenvalue weighted by molar-refractivity contribution is 0.995. The summed E-state index contributed by atoms with van der Waals surface area (Å²) in [5, 5.41) is 3.65. The third kappa shape index (κ3) is 3.69. The minimum atomic E-state index is 0.631. The van der Waals surface area contributed by atoms with Crippen molar-refractivity contribution in [3.63, 3.8) is 0 Å². The molecule has 5 aromatic heterocycles. The fourth-order valence-electron chi connectivity index (χ4n) is 5.38. The highest BCUT2D eigenvalue weighted by atomic mass is 32.1. The molecule has 0 aliphatic rings. The van der Waals surface area contributed by atoms with Crippen LogP contribution in [0.5, 0.6) is 0 Å². The van der Waals surface area contributed by atoms with Crippen LogP contribution < -0.4 is 0 Å². The molecule has 40 heavy (non-hydrogen) atoms. The van der Waals surface area contributed by atoms with Gasteiger partial charge in [0.25, 0.3) is 0 Å². The van der Waals surface area contributed by atoms with E-state index in [0.717, 1.165) is 33.5 Å². The van der Waals surface area contributed by atoms with Crippen LogP contribution in [0.15, 0.2) is 128 Å². The number of thiophene rings is 1. The van der Waals surface area contributed by atoms with Crippen molar-refractivity contribution < 1.29 is 0 Å². The number of benzene rings is 3. The molecule has 0 unspecified atom stereocenters. The zero-order chi connectivity index (χ0) is 26.5. The standard InChI is InChI=1S/C34H21N5S/c1-2-6-24(7-3-1)31-20-25-10-11-30-32(33(25)40-31)26-8-4-5-9-29(26)39(30)34-37-27(22-12-16-35-17-13-22)21-28(38-34)23-14-18-36-19-15-23/h1-21H. The van der Waals surface area contributed by atoms with Gasteiger partial charge in [0.05, 0.1) is 22.4 Å². The van der Waals surface area contributed by atoms with Crippen molar-refractivity contribution in [3.8, 4) is 38.9 Å². The third-order valence-electron chi connectivity index (χ3n) is 7.24. The van der Waals surface area contributed by atoms with E-state index in [9.17, 15) is 0 Å². The van der Waals surface area contributed by atoms with E-state index >= 15 is 0 Å². The van der Waals surface area contributed by atoms with E-state index in [0.29, 0.717) is 5.95 Å². The smallest absolute Gasteiger partial charge is 0.235 e. The van der Waals surface area contributed by atoms with E-state index in [1.807, 2.05) is 41.7 Å². The Kier molecular flexibility index (Phi) is 5.24. The normalized spacial score (nSPS) is 11.5. The predicted molar refractivity (Wildman–Crippen MR) is 164 cm³/mol. The molecule has 0 saturated heterocycles. The van der Waals surface area contributed by atoms with E-state index in [1.54, 1.807) is 24.8 Å². The van der Waals surface area contributed by atoms with Crippen LogP contribution in [0.4, 0.5) is 0 Å². The molecule has 8 aromatic rings. The Bertz CT molecular complexity index is 2090. The lowest BCUT2D eigenvalue weighted by atomic mass is 10.1. The van der Waals surface area contributed by atoms with E-state index in [4.69, 9.17) is 9.97 Å². The average molecular weight is 532 g/mol. The molecule has 0 spiro atoms. The molecule has 8 rings (SSSR count). The first kappa shape index (κ1) is 22.8. The molecule has 0 aliphatic carbocycles. The van der Waals surface area contributed by atoms with Gasteiger partial charge in [0.1, 0.15) is 0 Å². The fraction of sp³-hybridized carbons (Fsp3) is 0. The maximum atomic E-state index is 5.12. The van der Waals surface area contributed by atoms with Crippen molar-refractivity contribution in [2.45, 2.75) is 0 Å². The zero-order valence-corrected chi connectivity index (χ0v) is 22.1. The lowest BCUT2D eigenvalue weighted by Gasteiger charge is -2.11. The summed E-state index contributed by atoms with van der Waals surface area (Å²) >= 11 is 1.84. The second kappa shape index (κ2) is 9.22. The number of hydrogen-bond acceptors (Lipinski definition) is 5. The molecule has 0 aliphatic heterocycles. The highest BCUT2D eigenvalue weighted by molar-refractivity contribution is 7.23. The Morgan fingerprint density at radius 3 is 1.90 bits per heavy atom. The van der Waals surface area contributed by atoms with Gasteiger partial charge < -0.3 is 0 Å². The summed E-state index contributed by atoms with van der Waals surface area (Å²) in [5.74, 6) is 0.631. The molecule has 6 heteroatoms. The summed E-state index contributed by atoms with van der Waals surface area (Å²) in [6, 6.07) is 35.8. The van der Waals surface area contributed by atoms with E-state index < -0.39 is 0 Å². The molecule has 0 N–H and O–H groups in total. The molecule has 0 amide bonds. The first-order valence-electron chi connectivity index (χ1n) is 13.0. The summed E-state index contributed by atoms with van der Waals surface area (Å²) in [6.07, 6.45) is 7.17. The monoisotopic (exact) mass is 531 g/mol. The van der Waals surface area contributed by atoms with E-state index in [1.165, 1.54) is 31.3 Å². The first-order chi connectivity index (χ1) is 19.8. The van der Waals surface area contributed by atoms with Gasteiger partial charge in [0.15, 0.2) is 0 Å². The van der Waals surface area contributed by atoms with Gasteiger partial charge in [-0.3, -0.25) is 14.5 Å². The van der Waals surface area contributed by atoms with Gasteiger partial charge in [-0.05, 0) is 59.5 Å². The van der Waals surface area contributed by atoms with Crippen LogP contribution in [0.25, 0.3) is 70.8 Å². The fourth-order valence-corrected chi connectivity index (χ4v) is 6.61. The first-order valence-corrected chi connectivity index (χ1v) is 13.9. The largest absolute Gasteiger partial charge is 0.278 e. The number of hydrogen-bond donors (Lipinski definition) is 0. The van der Waals surface area contributed by atoms with Gasteiger partial charge in [-0.1, -0.05) is 54.6 Å². The summed E-state index contributed by atoms with van der Waals surface area (Å²) in [6.45, 7) is 0. The third-order valence-corrected chi connectivity index (χ3v) is 8.46. The molecule has 0 saturated carbocycles. The highest BCUT2D eigenvalue weighted by Crippen LogP contribution is 2.42. The maximum absolute atomic E-state index is 5.12. The van der Waals surface area contributed by atoms with E-state index in [-0.39, 0.29) is 0 Å². The molecule has 0 bridgehead atoms. The van der Waals surface area contributed by atoms with Crippen molar-refractivity contribution in [1.82, 2.24) is 24.5 Å². The van der Waals surface area contributed by atoms with Gasteiger partial charge in [0.2, 0.25) is 5.95 Å². The molecule has 188 valence electrons. The SMILES string of the molecule is c1ccc(-c2cc3ccc4c(c5ccccc5n4-c4nc(-c5ccncc5)cc(-c5ccncc5)n4)c3s2)cc1. The van der Waals surface area contributed by atoms with Crippen molar-refractivity contribution in [2.24, 2.45) is 0 Å². The number of rotatable bonds is 4. The molecular weight excluding hydrogens is 510 g/mol. The molecular formula is C34H21N5S. The Morgan fingerprint density at radius 2 is 1.20 bits per heavy atom. The summed E-state index contributed by atoms with van der Waals surface area (Å²) in [5.41, 5.74) is 7.05. The molecule has 3 aromatic carbocycles. The Morgan fingerprint density at radius 1 is 0.550 bits per heavy atom. The summed E-state index contributed by atoms with van der Waals surface area (Å²) in [4.78, 5) is 19.9. The molecule has 0 radical (unpaired) electrons. The van der Waals surface area contributed by atoms with Gasteiger partial charge in [-0.2, -0.15) is 0 Å². The van der Waals surface area contributed by atoms with Gasteiger partial charge in [-0.25, -0.2) is 9.97 Å². The Labute approximate surface area is 234 Å². The average Bonchev–Trinajstić information content (AvgIpc) is 3.62.